The summed E-state index contributed by atoms with van der Waals surface area (Å²) >= 11 is 1.11. The van der Waals surface area contributed by atoms with Gasteiger partial charge in [0.2, 0.25) is 5.91 Å². The molecule has 9 heteroatoms. The number of nitrogens with zero attached hydrogens (tertiary/aromatic N) is 2. The smallest absolute Gasteiger partial charge is 0.359 e. The molecule has 0 aliphatic carbocycles. The van der Waals surface area contributed by atoms with Crippen molar-refractivity contribution in [2.45, 2.75) is 19.3 Å². The fourth-order valence-corrected chi connectivity index (χ4v) is 5.39. The molecule has 39 heavy (non-hydrogen) atoms. The zero-order valence-corrected chi connectivity index (χ0v) is 21.8. The van der Waals surface area contributed by atoms with Crippen molar-refractivity contribution >= 4 is 39.0 Å². The number of halogens is 1. The van der Waals surface area contributed by atoms with E-state index in [2.05, 4.69) is 10.4 Å². The second-order valence-corrected chi connectivity index (χ2v) is 9.63. The second-order valence-electron chi connectivity index (χ2n) is 8.75. The van der Waals surface area contributed by atoms with E-state index in [0.29, 0.717) is 0 Å². The van der Waals surface area contributed by atoms with Gasteiger partial charge in [-0.2, -0.15) is 9.78 Å². The lowest BCUT2D eigenvalue weighted by Gasteiger charge is -2.17. The topological polar surface area (TPSA) is 90.3 Å². The third kappa shape index (κ3) is 5.49. The Kier molecular flexibility index (Phi) is 7.60. The number of rotatable bonds is 8. The van der Waals surface area contributed by atoms with Crippen LogP contribution in [0.2, 0.25) is 0 Å². The summed E-state index contributed by atoms with van der Waals surface area (Å²) in [4.78, 5) is 39.7. The summed E-state index contributed by atoms with van der Waals surface area (Å²) < 4.78 is 20.1. The minimum absolute atomic E-state index is 0.0982. The molecule has 0 saturated heterocycles. The number of aromatic nitrogens is 2. The lowest BCUT2D eigenvalue weighted by molar-refractivity contribution is -0.116. The SMILES string of the molecule is CCOC(=O)c1nn(-c2cccc(F)c2)c(=O)c2c(NC(=O)CC(c3ccccc3)c3ccccc3)scc12. The number of anilines is 1. The minimum atomic E-state index is -0.725. The zero-order valence-electron chi connectivity index (χ0n) is 21.0. The first-order valence-corrected chi connectivity index (χ1v) is 13.2. The van der Waals surface area contributed by atoms with Crippen molar-refractivity contribution in [2.24, 2.45) is 0 Å². The molecule has 1 N–H and O–H groups in total. The molecule has 0 bridgehead atoms. The Hall–Kier alpha value is -4.63. The van der Waals surface area contributed by atoms with Crippen LogP contribution in [0, 0.1) is 5.82 Å². The van der Waals surface area contributed by atoms with E-state index in [4.69, 9.17) is 4.74 Å². The van der Waals surface area contributed by atoms with Crippen LogP contribution in [0.3, 0.4) is 0 Å². The summed E-state index contributed by atoms with van der Waals surface area (Å²) in [5.74, 6) is -1.80. The Balaban J connectivity index is 1.55. The van der Waals surface area contributed by atoms with E-state index in [0.717, 1.165) is 33.2 Å². The Morgan fingerprint density at radius 3 is 2.28 bits per heavy atom. The highest BCUT2D eigenvalue weighted by molar-refractivity contribution is 7.16. The van der Waals surface area contributed by atoms with Crippen LogP contribution in [0.4, 0.5) is 9.39 Å². The first-order valence-electron chi connectivity index (χ1n) is 12.3. The fourth-order valence-electron chi connectivity index (χ4n) is 4.44. The van der Waals surface area contributed by atoms with Gasteiger partial charge in [0.25, 0.3) is 5.56 Å². The van der Waals surface area contributed by atoms with E-state index in [9.17, 15) is 18.8 Å². The molecule has 0 atom stereocenters. The van der Waals surface area contributed by atoms with Gasteiger partial charge in [-0.3, -0.25) is 9.59 Å². The largest absolute Gasteiger partial charge is 0.461 e. The number of hydrogen-bond acceptors (Lipinski definition) is 6. The van der Waals surface area contributed by atoms with Gasteiger partial charge in [-0.25, -0.2) is 9.18 Å². The summed E-state index contributed by atoms with van der Waals surface area (Å²) in [5, 5.41) is 9.31. The number of esters is 1. The van der Waals surface area contributed by atoms with E-state index in [-0.39, 0.29) is 52.0 Å². The Bertz CT molecular complexity index is 1660. The predicted octanol–water partition coefficient (Wildman–Crippen LogP) is 5.92. The molecule has 5 aromatic rings. The third-order valence-corrected chi connectivity index (χ3v) is 7.12. The van der Waals surface area contributed by atoms with Gasteiger partial charge in [0, 0.05) is 23.1 Å². The van der Waals surface area contributed by atoms with Crippen LogP contribution in [0.5, 0.6) is 0 Å². The van der Waals surface area contributed by atoms with Crippen molar-refractivity contribution in [3.63, 3.8) is 0 Å². The van der Waals surface area contributed by atoms with Gasteiger partial charge in [0.15, 0.2) is 5.69 Å². The molecule has 2 aromatic heterocycles. The molecule has 0 spiro atoms. The lowest BCUT2D eigenvalue weighted by atomic mass is 9.88. The average Bonchev–Trinajstić information content (AvgIpc) is 3.37. The highest BCUT2D eigenvalue weighted by Crippen LogP contribution is 2.33. The normalized spacial score (nSPS) is 11.1. The molecule has 0 unspecified atom stereocenters. The highest BCUT2D eigenvalue weighted by Gasteiger charge is 2.24. The van der Waals surface area contributed by atoms with Gasteiger partial charge in [-0.05, 0) is 36.2 Å². The number of carbonyl (C=O) groups excluding carboxylic acids is 2. The maximum Gasteiger partial charge on any atom is 0.359 e. The van der Waals surface area contributed by atoms with Crippen molar-refractivity contribution in [2.75, 3.05) is 11.9 Å². The minimum Gasteiger partial charge on any atom is -0.461 e. The van der Waals surface area contributed by atoms with Gasteiger partial charge in [0.05, 0.1) is 17.7 Å². The quantitative estimate of drug-likeness (QED) is 0.246. The Morgan fingerprint density at radius 1 is 1.00 bits per heavy atom. The summed E-state index contributed by atoms with van der Waals surface area (Å²) in [6, 6.07) is 24.8. The summed E-state index contributed by atoms with van der Waals surface area (Å²) in [6.07, 6.45) is 0.126. The van der Waals surface area contributed by atoms with Crippen molar-refractivity contribution in [1.82, 2.24) is 9.78 Å². The van der Waals surface area contributed by atoms with Gasteiger partial charge >= 0.3 is 5.97 Å². The number of ether oxygens (including phenoxy) is 1. The molecule has 0 fully saturated rings. The lowest BCUT2D eigenvalue weighted by Crippen LogP contribution is -2.26. The number of thiophene rings is 1. The summed E-state index contributed by atoms with van der Waals surface area (Å²) in [7, 11) is 0. The monoisotopic (exact) mass is 541 g/mol. The maximum atomic E-state index is 14.0. The fraction of sp³-hybridized carbons (Fsp3) is 0.133. The van der Waals surface area contributed by atoms with E-state index in [1.165, 1.54) is 18.2 Å². The standard InChI is InChI=1S/C30H24FN3O4S/c1-2-38-30(37)27-24-18-39-28(26(24)29(36)34(33-27)22-15-9-14-21(31)16-22)32-25(35)17-23(19-10-5-3-6-11-19)20-12-7-4-8-13-20/h3-16,18,23H,2,17H2,1H3,(H,32,35). The van der Waals surface area contributed by atoms with E-state index >= 15 is 0 Å². The van der Waals surface area contributed by atoms with Crippen LogP contribution < -0.4 is 10.9 Å². The van der Waals surface area contributed by atoms with Gasteiger partial charge < -0.3 is 10.1 Å². The molecule has 3 aromatic carbocycles. The number of carbonyl (C=O) groups is 2. The number of nitrogens with one attached hydrogen (secondary N) is 1. The van der Waals surface area contributed by atoms with Crippen molar-refractivity contribution in [1.29, 1.82) is 0 Å². The summed E-state index contributed by atoms with van der Waals surface area (Å²) in [5.41, 5.74) is 1.42. The van der Waals surface area contributed by atoms with Crippen LogP contribution in [-0.4, -0.2) is 28.3 Å². The van der Waals surface area contributed by atoms with Crippen LogP contribution in [0.25, 0.3) is 16.5 Å². The summed E-state index contributed by atoms with van der Waals surface area (Å²) in [6.45, 7) is 1.77. The highest BCUT2D eigenvalue weighted by atomic mass is 32.1. The van der Waals surface area contributed by atoms with Crippen molar-refractivity contribution < 1.29 is 18.7 Å². The van der Waals surface area contributed by atoms with Crippen LogP contribution in [0.1, 0.15) is 40.9 Å². The number of amides is 1. The van der Waals surface area contributed by atoms with Gasteiger partial charge in [0.1, 0.15) is 10.8 Å². The van der Waals surface area contributed by atoms with Crippen LogP contribution >= 0.6 is 11.3 Å². The average molecular weight is 542 g/mol. The Labute approximate surface area is 227 Å². The number of fused-ring (bicyclic) bond motifs is 1. The first kappa shape index (κ1) is 26.0. The molecule has 0 aliphatic heterocycles. The predicted molar refractivity (Wildman–Crippen MR) is 149 cm³/mol. The molecule has 196 valence electrons. The first-order chi connectivity index (χ1) is 19.0. The molecule has 2 heterocycles. The Morgan fingerprint density at radius 2 is 1.67 bits per heavy atom. The maximum absolute atomic E-state index is 14.0. The van der Waals surface area contributed by atoms with E-state index in [1.807, 2.05) is 60.7 Å². The third-order valence-electron chi connectivity index (χ3n) is 6.22. The molecule has 7 nitrogen and oxygen atoms in total. The van der Waals surface area contributed by atoms with Gasteiger partial charge in [-0.15, -0.1) is 11.3 Å². The molecule has 5 rings (SSSR count). The molecule has 0 saturated carbocycles. The molecular weight excluding hydrogens is 517 g/mol. The van der Waals surface area contributed by atoms with Crippen LogP contribution in [0.15, 0.2) is 95.1 Å². The zero-order chi connectivity index (χ0) is 27.4. The number of hydrogen-bond donors (Lipinski definition) is 1. The second kappa shape index (κ2) is 11.4. The molecule has 1 amide bonds. The molecular formula is C30H24FN3O4S. The number of benzene rings is 3. The van der Waals surface area contributed by atoms with Crippen molar-refractivity contribution in [3.05, 3.63) is 123 Å². The van der Waals surface area contributed by atoms with Crippen LogP contribution in [-0.2, 0) is 9.53 Å². The van der Waals surface area contributed by atoms with E-state index in [1.54, 1.807) is 12.3 Å². The molecule has 0 radical (unpaired) electrons. The molecule has 0 aliphatic rings. The van der Waals surface area contributed by atoms with Gasteiger partial charge in [-0.1, -0.05) is 66.7 Å². The van der Waals surface area contributed by atoms with E-state index < -0.39 is 17.3 Å². The van der Waals surface area contributed by atoms with Crippen molar-refractivity contribution in [3.8, 4) is 5.69 Å².